The van der Waals surface area contributed by atoms with E-state index >= 15 is 0 Å². The maximum Gasteiger partial charge on any atom is 0.322 e. The highest BCUT2D eigenvalue weighted by Gasteiger charge is 2.15. The topological polar surface area (TPSA) is 52.6 Å². The third-order valence-corrected chi connectivity index (χ3v) is 3.28. The van der Waals surface area contributed by atoms with E-state index in [2.05, 4.69) is 5.32 Å². The Morgan fingerprint density at radius 1 is 1.23 bits per heavy atom. The predicted molar refractivity (Wildman–Crippen MR) is 84.4 cm³/mol. The molecule has 0 aliphatic heterocycles. The second kappa shape index (κ2) is 7.77. The number of aliphatic hydroxyl groups is 1. The lowest BCUT2D eigenvalue weighted by Gasteiger charge is -2.22. The molecule has 0 heterocycles. The number of nitrogens with zero attached hydrogens (tertiary/aromatic N) is 1. The summed E-state index contributed by atoms with van der Waals surface area (Å²) in [7, 11) is 0. The molecule has 0 fully saturated rings. The largest absolute Gasteiger partial charge is 0.395 e. The minimum absolute atomic E-state index is 0.0467. The van der Waals surface area contributed by atoms with E-state index in [9.17, 15) is 9.18 Å². The summed E-state index contributed by atoms with van der Waals surface area (Å²) in [5.74, 6) is -0.607. The van der Waals surface area contributed by atoms with Crippen LogP contribution < -0.4 is 5.32 Å². The number of hydrogen-bond donors (Lipinski definition) is 2. The van der Waals surface area contributed by atoms with Gasteiger partial charge in [-0.2, -0.15) is 0 Å². The Labute approximate surface area is 133 Å². The van der Waals surface area contributed by atoms with Gasteiger partial charge in [0.25, 0.3) is 0 Å². The average molecular weight is 323 g/mol. The van der Waals surface area contributed by atoms with Gasteiger partial charge >= 0.3 is 6.03 Å². The Morgan fingerprint density at radius 3 is 2.59 bits per heavy atom. The highest BCUT2D eigenvalue weighted by Crippen LogP contribution is 2.19. The second-order valence-corrected chi connectivity index (χ2v) is 5.12. The summed E-state index contributed by atoms with van der Waals surface area (Å²) in [5, 5.41) is 11.8. The van der Waals surface area contributed by atoms with E-state index in [1.165, 1.54) is 17.0 Å². The quantitative estimate of drug-likeness (QED) is 0.885. The molecule has 2 aromatic rings. The van der Waals surface area contributed by atoms with Gasteiger partial charge < -0.3 is 15.3 Å². The third-order valence-electron chi connectivity index (χ3n) is 3.05. The van der Waals surface area contributed by atoms with Crippen LogP contribution in [0.25, 0.3) is 0 Å². The first-order valence-corrected chi connectivity index (χ1v) is 7.13. The minimum atomic E-state index is -0.607. The lowest BCUT2D eigenvalue weighted by Crippen LogP contribution is -2.36. The fraction of sp³-hybridized carbons (Fsp3) is 0.188. The van der Waals surface area contributed by atoms with Crippen molar-refractivity contribution in [1.29, 1.82) is 0 Å². The summed E-state index contributed by atoms with van der Waals surface area (Å²) >= 11 is 5.68. The number of anilines is 1. The standard InChI is InChI=1S/C16H16ClFN2O2/c17-13-6-7-15(14(18)10-13)19-16(22)20(8-9-21)11-12-4-2-1-3-5-12/h1-7,10,21H,8-9,11H2,(H,19,22). The molecule has 2 aromatic carbocycles. The maximum absolute atomic E-state index is 13.7. The molecule has 0 radical (unpaired) electrons. The predicted octanol–water partition coefficient (Wildman–Crippen LogP) is 3.51. The van der Waals surface area contributed by atoms with E-state index < -0.39 is 11.8 Å². The Bertz CT molecular complexity index is 637. The van der Waals surface area contributed by atoms with Crippen LogP contribution in [-0.2, 0) is 6.54 Å². The molecule has 0 bridgehead atoms. The molecule has 2 N–H and O–H groups in total. The maximum atomic E-state index is 13.7. The minimum Gasteiger partial charge on any atom is -0.395 e. The van der Waals surface area contributed by atoms with Crippen LogP contribution in [0.5, 0.6) is 0 Å². The smallest absolute Gasteiger partial charge is 0.322 e. The fourth-order valence-corrected chi connectivity index (χ4v) is 2.12. The van der Waals surface area contributed by atoms with Gasteiger partial charge in [0.2, 0.25) is 0 Å². The first kappa shape index (κ1) is 16.3. The number of amides is 2. The number of nitrogens with one attached hydrogen (secondary N) is 1. The summed E-state index contributed by atoms with van der Waals surface area (Å²) < 4.78 is 13.7. The molecule has 0 spiro atoms. The lowest BCUT2D eigenvalue weighted by molar-refractivity contribution is 0.185. The Kier molecular flexibility index (Phi) is 5.75. The van der Waals surface area contributed by atoms with Gasteiger partial charge in [0.05, 0.1) is 12.3 Å². The number of halogens is 2. The zero-order chi connectivity index (χ0) is 15.9. The molecule has 116 valence electrons. The van der Waals surface area contributed by atoms with Crippen molar-refractivity contribution in [2.24, 2.45) is 0 Å². The number of rotatable bonds is 5. The summed E-state index contributed by atoms with van der Waals surface area (Å²) in [6.45, 7) is 0.293. The van der Waals surface area contributed by atoms with Crippen molar-refractivity contribution in [2.45, 2.75) is 6.54 Å². The molecule has 2 amide bonds. The van der Waals surface area contributed by atoms with Gasteiger partial charge in [-0.1, -0.05) is 41.9 Å². The molecule has 0 saturated carbocycles. The van der Waals surface area contributed by atoms with E-state index in [0.717, 1.165) is 11.6 Å². The van der Waals surface area contributed by atoms with Crippen molar-refractivity contribution in [3.8, 4) is 0 Å². The van der Waals surface area contributed by atoms with Gasteiger partial charge in [0.1, 0.15) is 5.82 Å². The number of carbonyl (C=O) groups excluding carboxylic acids is 1. The van der Waals surface area contributed by atoms with E-state index in [-0.39, 0.29) is 23.9 Å². The highest BCUT2D eigenvalue weighted by atomic mass is 35.5. The Balaban J connectivity index is 2.09. The molecule has 2 rings (SSSR count). The zero-order valence-corrected chi connectivity index (χ0v) is 12.6. The lowest BCUT2D eigenvalue weighted by atomic mass is 10.2. The van der Waals surface area contributed by atoms with Crippen LogP contribution in [-0.4, -0.2) is 29.2 Å². The highest BCUT2D eigenvalue weighted by molar-refractivity contribution is 6.30. The van der Waals surface area contributed by atoms with Crippen LogP contribution in [0.3, 0.4) is 0 Å². The van der Waals surface area contributed by atoms with Gasteiger partial charge in [0.15, 0.2) is 0 Å². The van der Waals surface area contributed by atoms with Crippen LogP contribution in [0.1, 0.15) is 5.56 Å². The van der Waals surface area contributed by atoms with Crippen molar-refractivity contribution >= 4 is 23.3 Å². The van der Waals surface area contributed by atoms with Gasteiger partial charge in [-0.3, -0.25) is 0 Å². The second-order valence-electron chi connectivity index (χ2n) is 4.69. The first-order chi connectivity index (χ1) is 10.6. The molecule has 0 unspecified atom stereocenters. The monoisotopic (exact) mass is 322 g/mol. The van der Waals surface area contributed by atoms with Gasteiger partial charge in [-0.05, 0) is 23.8 Å². The number of carbonyl (C=O) groups is 1. The van der Waals surface area contributed by atoms with Crippen LogP contribution in [0.4, 0.5) is 14.9 Å². The molecule has 0 aromatic heterocycles. The molecule has 0 aliphatic carbocycles. The van der Waals surface area contributed by atoms with Crippen molar-refractivity contribution in [3.63, 3.8) is 0 Å². The van der Waals surface area contributed by atoms with Crippen LogP contribution in [0, 0.1) is 5.82 Å². The Hall–Kier alpha value is -2.11. The van der Waals surface area contributed by atoms with Crippen molar-refractivity contribution in [2.75, 3.05) is 18.5 Å². The fourth-order valence-electron chi connectivity index (χ4n) is 1.96. The van der Waals surface area contributed by atoms with Crippen molar-refractivity contribution in [3.05, 3.63) is 64.9 Å². The SMILES string of the molecule is O=C(Nc1ccc(Cl)cc1F)N(CCO)Cc1ccccc1. The summed E-state index contributed by atoms with van der Waals surface area (Å²) in [5.41, 5.74) is 0.966. The van der Waals surface area contributed by atoms with E-state index in [0.29, 0.717) is 6.54 Å². The Morgan fingerprint density at radius 2 is 1.95 bits per heavy atom. The summed E-state index contributed by atoms with van der Waals surface area (Å²) in [6.07, 6.45) is 0. The number of benzene rings is 2. The van der Waals surface area contributed by atoms with E-state index in [1.54, 1.807) is 0 Å². The third kappa shape index (κ3) is 4.44. The van der Waals surface area contributed by atoms with Crippen molar-refractivity contribution < 1.29 is 14.3 Å². The molecule has 0 aliphatic rings. The molecule has 22 heavy (non-hydrogen) atoms. The van der Waals surface area contributed by atoms with Gasteiger partial charge in [0, 0.05) is 18.1 Å². The molecule has 4 nitrogen and oxygen atoms in total. The normalized spacial score (nSPS) is 10.3. The number of urea groups is 1. The average Bonchev–Trinajstić information content (AvgIpc) is 2.50. The van der Waals surface area contributed by atoms with E-state index in [1.807, 2.05) is 30.3 Å². The van der Waals surface area contributed by atoms with E-state index in [4.69, 9.17) is 16.7 Å². The molecule has 0 atom stereocenters. The van der Waals surface area contributed by atoms with Crippen LogP contribution in [0.15, 0.2) is 48.5 Å². The van der Waals surface area contributed by atoms with Crippen LogP contribution >= 0.6 is 11.6 Å². The van der Waals surface area contributed by atoms with Gasteiger partial charge in [-0.25, -0.2) is 9.18 Å². The number of aliphatic hydroxyl groups excluding tert-OH is 1. The molecular formula is C16H16ClFN2O2. The summed E-state index contributed by atoms with van der Waals surface area (Å²) in [6, 6.07) is 12.9. The summed E-state index contributed by atoms with van der Waals surface area (Å²) in [4.78, 5) is 13.7. The number of hydrogen-bond acceptors (Lipinski definition) is 2. The molecule has 0 saturated heterocycles. The zero-order valence-electron chi connectivity index (χ0n) is 11.8. The first-order valence-electron chi connectivity index (χ1n) is 6.76. The van der Waals surface area contributed by atoms with Crippen molar-refractivity contribution in [1.82, 2.24) is 4.90 Å². The van der Waals surface area contributed by atoms with Crippen LogP contribution in [0.2, 0.25) is 5.02 Å². The molecule has 6 heteroatoms. The van der Waals surface area contributed by atoms with Gasteiger partial charge in [-0.15, -0.1) is 0 Å². The molecular weight excluding hydrogens is 307 g/mol.